The summed E-state index contributed by atoms with van der Waals surface area (Å²) in [5, 5.41) is 9.79. The maximum absolute atomic E-state index is 9.79. The molecule has 0 rings (SSSR count). The van der Waals surface area contributed by atoms with Crippen molar-refractivity contribution in [2.45, 2.75) is 6.42 Å². The van der Waals surface area contributed by atoms with Crippen LogP contribution in [-0.2, 0) is 10.9 Å². The van der Waals surface area contributed by atoms with Crippen molar-refractivity contribution >= 4 is 10.9 Å². The molecule has 0 aliphatic rings. The van der Waals surface area contributed by atoms with E-state index in [-0.39, 0.29) is 11.5 Å². The van der Waals surface area contributed by atoms with Crippen molar-refractivity contribution < 1.29 is 4.92 Å². The molecule has 0 N–H and O–H groups in total. The average molecular weight is 150 g/mol. The standard InChI is InChI=1S/C5H12NO2S/c1-9(2)5-3-4-6(7)8/h3-5H2,1-2H3/q+1. The van der Waals surface area contributed by atoms with Crippen LogP contribution in [0.1, 0.15) is 6.42 Å². The molecule has 0 saturated carbocycles. The summed E-state index contributed by atoms with van der Waals surface area (Å²) in [6, 6.07) is 0. The first-order valence-corrected chi connectivity index (χ1v) is 5.00. The monoisotopic (exact) mass is 150 g/mol. The van der Waals surface area contributed by atoms with Gasteiger partial charge in [-0.05, 0) is 10.9 Å². The Kier molecular flexibility index (Phi) is 4.48. The third kappa shape index (κ3) is 7.75. The summed E-state index contributed by atoms with van der Waals surface area (Å²) in [7, 11) is 0.364. The maximum atomic E-state index is 9.79. The SMILES string of the molecule is C[S+](C)CCC[N+](=O)[O-]. The molecular weight excluding hydrogens is 138 g/mol. The van der Waals surface area contributed by atoms with E-state index in [1.54, 1.807) is 0 Å². The van der Waals surface area contributed by atoms with Gasteiger partial charge in [-0.1, -0.05) is 0 Å². The van der Waals surface area contributed by atoms with Gasteiger partial charge >= 0.3 is 0 Å². The Balaban J connectivity index is 3.01. The largest absolute Gasteiger partial charge is 0.265 e. The molecule has 0 heterocycles. The van der Waals surface area contributed by atoms with Crippen molar-refractivity contribution in [1.82, 2.24) is 0 Å². The Morgan fingerprint density at radius 1 is 1.56 bits per heavy atom. The molecule has 0 fully saturated rings. The minimum absolute atomic E-state index is 0.130. The Morgan fingerprint density at radius 3 is 2.44 bits per heavy atom. The molecule has 3 nitrogen and oxygen atoms in total. The zero-order valence-electron chi connectivity index (χ0n) is 5.79. The van der Waals surface area contributed by atoms with Crippen LogP contribution in [0.4, 0.5) is 0 Å². The van der Waals surface area contributed by atoms with E-state index >= 15 is 0 Å². The van der Waals surface area contributed by atoms with Crippen LogP contribution in [0.15, 0.2) is 0 Å². The van der Waals surface area contributed by atoms with Crippen LogP contribution in [-0.4, -0.2) is 29.7 Å². The van der Waals surface area contributed by atoms with Crippen LogP contribution >= 0.6 is 0 Å². The minimum Gasteiger partial charge on any atom is -0.265 e. The van der Waals surface area contributed by atoms with E-state index in [1.165, 1.54) is 0 Å². The van der Waals surface area contributed by atoms with Gasteiger partial charge in [-0.25, -0.2) is 0 Å². The van der Waals surface area contributed by atoms with Gasteiger partial charge in [0.15, 0.2) is 0 Å². The molecule has 0 amide bonds. The predicted molar refractivity (Wildman–Crippen MR) is 40.6 cm³/mol. The average Bonchev–Trinajstić information content (AvgIpc) is 1.63. The molecule has 54 valence electrons. The van der Waals surface area contributed by atoms with Crippen LogP contribution in [0.5, 0.6) is 0 Å². The lowest BCUT2D eigenvalue weighted by atomic mass is 10.5. The Labute approximate surface area is 57.9 Å². The Hall–Kier alpha value is -0.250. The number of hydrogen-bond acceptors (Lipinski definition) is 2. The second-order valence-corrected chi connectivity index (χ2v) is 4.48. The van der Waals surface area contributed by atoms with Crippen LogP contribution in [0, 0.1) is 10.1 Å². The van der Waals surface area contributed by atoms with Crippen molar-refractivity contribution in [2.75, 3.05) is 24.8 Å². The van der Waals surface area contributed by atoms with Crippen molar-refractivity contribution in [3.05, 3.63) is 10.1 Å². The van der Waals surface area contributed by atoms with Crippen molar-refractivity contribution in [1.29, 1.82) is 0 Å². The van der Waals surface area contributed by atoms with Gasteiger partial charge in [0.05, 0.1) is 18.9 Å². The highest BCUT2D eigenvalue weighted by Gasteiger charge is 2.04. The quantitative estimate of drug-likeness (QED) is 0.333. The van der Waals surface area contributed by atoms with E-state index in [4.69, 9.17) is 0 Å². The van der Waals surface area contributed by atoms with Crippen LogP contribution in [0.2, 0.25) is 0 Å². The predicted octanol–water partition coefficient (Wildman–Crippen LogP) is 0.531. The molecule has 4 heteroatoms. The van der Waals surface area contributed by atoms with E-state index in [1.807, 2.05) is 0 Å². The normalized spacial score (nSPS) is 10.1. The van der Waals surface area contributed by atoms with E-state index in [0.29, 0.717) is 10.9 Å². The fourth-order valence-corrected chi connectivity index (χ4v) is 1.19. The molecule has 0 saturated heterocycles. The molecule has 9 heavy (non-hydrogen) atoms. The van der Waals surface area contributed by atoms with Gasteiger partial charge in [0.25, 0.3) is 0 Å². The zero-order valence-corrected chi connectivity index (χ0v) is 6.61. The van der Waals surface area contributed by atoms with Gasteiger partial charge in [-0.2, -0.15) is 0 Å². The first-order valence-electron chi connectivity index (χ1n) is 2.79. The molecule has 0 aromatic heterocycles. The number of nitrogens with zero attached hydrogens (tertiary/aromatic N) is 1. The number of rotatable bonds is 4. The van der Waals surface area contributed by atoms with Crippen molar-refractivity contribution in [3.8, 4) is 0 Å². The summed E-state index contributed by atoms with van der Waals surface area (Å²) in [5.41, 5.74) is 0. The van der Waals surface area contributed by atoms with Crippen LogP contribution < -0.4 is 0 Å². The molecule has 0 aromatic carbocycles. The van der Waals surface area contributed by atoms with Crippen LogP contribution in [0.3, 0.4) is 0 Å². The third-order valence-corrected chi connectivity index (χ3v) is 2.00. The molecule has 0 unspecified atom stereocenters. The van der Waals surface area contributed by atoms with E-state index in [2.05, 4.69) is 12.5 Å². The lowest BCUT2D eigenvalue weighted by Gasteiger charge is -1.91. The highest BCUT2D eigenvalue weighted by molar-refractivity contribution is 7.95. The molecule has 0 radical (unpaired) electrons. The van der Waals surface area contributed by atoms with Crippen molar-refractivity contribution in [3.63, 3.8) is 0 Å². The maximum Gasteiger partial charge on any atom is 0.208 e. The summed E-state index contributed by atoms with van der Waals surface area (Å²) in [4.78, 5) is 9.53. The van der Waals surface area contributed by atoms with E-state index in [9.17, 15) is 10.1 Å². The molecule has 0 atom stereocenters. The summed E-state index contributed by atoms with van der Waals surface area (Å²) < 4.78 is 0. The fourth-order valence-electron chi connectivity index (χ4n) is 0.482. The van der Waals surface area contributed by atoms with Gasteiger partial charge in [0.2, 0.25) is 6.54 Å². The Morgan fingerprint density at radius 2 is 2.11 bits per heavy atom. The summed E-state index contributed by atoms with van der Waals surface area (Å²) in [6.07, 6.45) is 4.92. The van der Waals surface area contributed by atoms with E-state index in [0.717, 1.165) is 12.2 Å². The molecule has 0 bridgehead atoms. The molecule has 0 aliphatic heterocycles. The number of hydrogen-bond donors (Lipinski definition) is 0. The summed E-state index contributed by atoms with van der Waals surface area (Å²) in [6.45, 7) is 0.130. The summed E-state index contributed by atoms with van der Waals surface area (Å²) in [5.74, 6) is 0.987. The highest BCUT2D eigenvalue weighted by atomic mass is 32.2. The Bertz CT molecular complexity index is 95.0. The smallest absolute Gasteiger partial charge is 0.208 e. The fraction of sp³-hybridized carbons (Fsp3) is 1.00. The first kappa shape index (κ1) is 8.75. The zero-order chi connectivity index (χ0) is 7.28. The van der Waals surface area contributed by atoms with Gasteiger partial charge in [0.1, 0.15) is 5.75 Å². The second kappa shape index (κ2) is 4.61. The second-order valence-electron chi connectivity index (χ2n) is 2.10. The molecule has 0 spiro atoms. The highest BCUT2D eigenvalue weighted by Crippen LogP contribution is 1.88. The summed E-state index contributed by atoms with van der Waals surface area (Å²) >= 11 is 0. The van der Waals surface area contributed by atoms with Gasteiger partial charge in [-0.15, -0.1) is 0 Å². The van der Waals surface area contributed by atoms with Gasteiger partial charge < -0.3 is 0 Å². The van der Waals surface area contributed by atoms with E-state index < -0.39 is 0 Å². The third-order valence-electron chi connectivity index (χ3n) is 0.893. The number of nitro groups is 1. The molecule has 0 aromatic rings. The minimum atomic E-state index is -0.257. The van der Waals surface area contributed by atoms with Crippen LogP contribution in [0.25, 0.3) is 0 Å². The molecule has 0 aliphatic carbocycles. The van der Waals surface area contributed by atoms with Gasteiger partial charge in [-0.3, -0.25) is 10.1 Å². The van der Waals surface area contributed by atoms with Gasteiger partial charge in [0, 0.05) is 4.92 Å². The topological polar surface area (TPSA) is 43.1 Å². The lowest BCUT2D eigenvalue weighted by Crippen LogP contribution is -2.08. The molecular formula is C5H12NO2S+. The van der Waals surface area contributed by atoms with Crippen molar-refractivity contribution in [2.24, 2.45) is 0 Å². The lowest BCUT2D eigenvalue weighted by molar-refractivity contribution is -0.479. The first-order chi connectivity index (χ1) is 4.13.